The number of oxazole rings is 1. The first-order valence-electron chi connectivity index (χ1n) is 9.16. The summed E-state index contributed by atoms with van der Waals surface area (Å²) in [5.41, 5.74) is 5.67. The number of nitrogens with zero attached hydrogens (tertiary/aromatic N) is 2. The fraction of sp³-hybridized carbons (Fsp3) is 0.273. The van der Waals surface area contributed by atoms with E-state index in [4.69, 9.17) is 4.42 Å². The summed E-state index contributed by atoms with van der Waals surface area (Å²) in [6, 6.07) is 16.5. The molecule has 27 heavy (non-hydrogen) atoms. The Bertz CT molecular complexity index is 897. The van der Waals surface area contributed by atoms with Crippen LogP contribution < -0.4 is 10.6 Å². The summed E-state index contributed by atoms with van der Waals surface area (Å²) < 4.78 is 5.61. The van der Waals surface area contributed by atoms with E-state index in [0.29, 0.717) is 5.89 Å². The number of hydrogen-bond acceptors (Lipinski definition) is 3. The molecule has 1 heterocycles. The second-order valence-electron chi connectivity index (χ2n) is 6.54. The SMILES string of the molecule is CN=C(NCCc1coc(-c2ccc(C)cc2)n1)NCc1ccccc1C. The Labute approximate surface area is 160 Å². The van der Waals surface area contributed by atoms with Gasteiger partial charge in [-0.1, -0.05) is 42.0 Å². The molecule has 5 nitrogen and oxygen atoms in total. The van der Waals surface area contributed by atoms with Crippen molar-refractivity contribution in [3.8, 4) is 11.5 Å². The minimum absolute atomic E-state index is 0.659. The highest BCUT2D eigenvalue weighted by Crippen LogP contribution is 2.19. The lowest BCUT2D eigenvalue weighted by atomic mass is 10.1. The van der Waals surface area contributed by atoms with Crippen molar-refractivity contribution in [3.63, 3.8) is 0 Å². The Hall–Kier alpha value is -3.08. The molecule has 1 aromatic heterocycles. The number of rotatable bonds is 6. The largest absolute Gasteiger partial charge is 0.444 e. The maximum atomic E-state index is 5.61. The number of aliphatic imine (C=N–C) groups is 1. The maximum Gasteiger partial charge on any atom is 0.226 e. The normalized spacial score (nSPS) is 11.4. The first kappa shape index (κ1) is 18.7. The molecule has 0 aliphatic carbocycles. The number of hydrogen-bond donors (Lipinski definition) is 2. The fourth-order valence-electron chi connectivity index (χ4n) is 2.77. The number of guanidine groups is 1. The van der Waals surface area contributed by atoms with E-state index in [-0.39, 0.29) is 0 Å². The summed E-state index contributed by atoms with van der Waals surface area (Å²) in [6.07, 6.45) is 2.49. The molecule has 0 bridgehead atoms. The Morgan fingerprint density at radius 1 is 1.04 bits per heavy atom. The highest BCUT2D eigenvalue weighted by Gasteiger charge is 2.07. The van der Waals surface area contributed by atoms with Crippen LogP contribution in [0.2, 0.25) is 0 Å². The first-order chi connectivity index (χ1) is 13.2. The average Bonchev–Trinajstić information content (AvgIpc) is 3.15. The zero-order valence-corrected chi connectivity index (χ0v) is 16.1. The van der Waals surface area contributed by atoms with Gasteiger partial charge in [-0.2, -0.15) is 0 Å². The standard InChI is InChI=1S/C22H26N4O/c1-16-8-10-18(11-9-16)21-26-20(15-27-21)12-13-24-22(23-3)25-14-19-7-5-4-6-17(19)2/h4-11,15H,12-14H2,1-3H3,(H2,23,24,25). The smallest absolute Gasteiger partial charge is 0.226 e. The van der Waals surface area contributed by atoms with Crippen LogP contribution in [0.5, 0.6) is 0 Å². The minimum Gasteiger partial charge on any atom is -0.444 e. The van der Waals surface area contributed by atoms with Gasteiger partial charge >= 0.3 is 0 Å². The number of nitrogens with one attached hydrogen (secondary N) is 2. The van der Waals surface area contributed by atoms with Crippen molar-refractivity contribution in [1.29, 1.82) is 0 Å². The van der Waals surface area contributed by atoms with Gasteiger partial charge in [0.05, 0.1) is 5.69 Å². The van der Waals surface area contributed by atoms with Crippen molar-refractivity contribution in [1.82, 2.24) is 15.6 Å². The van der Waals surface area contributed by atoms with Crippen molar-refractivity contribution in [3.05, 3.63) is 77.2 Å². The lowest BCUT2D eigenvalue weighted by molar-refractivity contribution is 0.572. The molecule has 0 saturated heterocycles. The number of aryl methyl sites for hydroxylation is 2. The zero-order valence-electron chi connectivity index (χ0n) is 16.1. The number of benzene rings is 2. The van der Waals surface area contributed by atoms with Gasteiger partial charge < -0.3 is 15.1 Å². The van der Waals surface area contributed by atoms with Gasteiger partial charge in [0.1, 0.15) is 6.26 Å². The predicted molar refractivity (Wildman–Crippen MR) is 110 cm³/mol. The molecular formula is C22H26N4O. The summed E-state index contributed by atoms with van der Waals surface area (Å²) in [5.74, 6) is 1.44. The van der Waals surface area contributed by atoms with E-state index in [1.807, 2.05) is 12.1 Å². The van der Waals surface area contributed by atoms with E-state index < -0.39 is 0 Å². The molecule has 140 valence electrons. The van der Waals surface area contributed by atoms with Crippen LogP contribution in [0.1, 0.15) is 22.4 Å². The van der Waals surface area contributed by atoms with E-state index in [0.717, 1.165) is 36.7 Å². The fourth-order valence-corrected chi connectivity index (χ4v) is 2.77. The van der Waals surface area contributed by atoms with Crippen LogP contribution in [0.4, 0.5) is 0 Å². The van der Waals surface area contributed by atoms with Gasteiger partial charge in [-0.25, -0.2) is 4.98 Å². The molecule has 0 aliphatic rings. The molecule has 2 N–H and O–H groups in total. The molecule has 0 spiro atoms. The summed E-state index contributed by atoms with van der Waals surface area (Å²) >= 11 is 0. The van der Waals surface area contributed by atoms with Crippen molar-refractivity contribution in [2.45, 2.75) is 26.8 Å². The van der Waals surface area contributed by atoms with Gasteiger partial charge in [0.2, 0.25) is 5.89 Å². The highest BCUT2D eigenvalue weighted by atomic mass is 16.3. The quantitative estimate of drug-likeness (QED) is 0.516. The molecule has 0 unspecified atom stereocenters. The molecule has 2 aromatic carbocycles. The van der Waals surface area contributed by atoms with Gasteiger partial charge in [-0.05, 0) is 37.1 Å². The van der Waals surface area contributed by atoms with Crippen LogP contribution in [0.3, 0.4) is 0 Å². The van der Waals surface area contributed by atoms with Gasteiger partial charge in [0.25, 0.3) is 0 Å². The summed E-state index contributed by atoms with van der Waals surface area (Å²) in [7, 11) is 1.78. The van der Waals surface area contributed by atoms with E-state index in [9.17, 15) is 0 Å². The molecule has 3 aromatic rings. The molecule has 0 amide bonds. The van der Waals surface area contributed by atoms with Gasteiger partial charge in [-0.15, -0.1) is 0 Å². The lowest BCUT2D eigenvalue weighted by Crippen LogP contribution is -2.38. The highest BCUT2D eigenvalue weighted by molar-refractivity contribution is 5.79. The Morgan fingerprint density at radius 2 is 1.81 bits per heavy atom. The molecule has 0 fully saturated rings. The Balaban J connectivity index is 1.48. The second-order valence-corrected chi connectivity index (χ2v) is 6.54. The average molecular weight is 362 g/mol. The van der Waals surface area contributed by atoms with Crippen LogP contribution in [0, 0.1) is 13.8 Å². The zero-order chi connectivity index (χ0) is 19.1. The first-order valence-corrected chi connectivity index (χ1v) is 9.16. The maximum absolute atomic E-state index is 5.61. The third kappa shape index (κ3) is 5.20. The van der Waals surface area contributed by atoms with Crippen LogP contribution >= 0.6 is 0 Å². The third-order valence-electron chi connectivity index (χ3n) is 4.45. The van der Waals surface area contributed by atoms with E-state index >= 15 is 0 Å². The van der Waals surface area contributed by atoms with Crippen LogP contribution in [0.15, 0.2) is 64.2 Å². The van der Waals surface area contributed by atoms with Crippen molar-refractivity contribution in [2.75, 3.05) is 13.6 Å². The Kier molecular flexibility index (Phi) is 6.26. The molecular weight excluding hydrogens is 336 g/mol. The van der Waals surface area contributed by atoms with E-state index in [2.05, 4.69) is 70.9 Å². The molecule has 0 radical (unpaired) electrons. The summed E-state index contributed by atoms with van der Waals surface area (Å²) in [5, 5.41) is 6.67. The van der Waals surface area contributed by atoms with Crippen molar-refractivity contribution < 1.29 is 4.42 Å². The van der Waals surface area contributed by atoms with Crippen LogP contribution in [0.25, 0.3) is 11.5 Å². The van der Waals surface area contributed by atoms with Crippen molar-refractivity contribution >= 4 is 5.96 Å². The predicted octanol–water partition coefficient (Wildman–Crippen LogP) is 3.87. The Morgan fingerprint density at radius 3 is 2.56 bits per heavy atom. The molecule has 0 aliphatic heterocycles. The van der Waals surface area contributed by atoms with Gasteiger partial charge in [0, 0.05) is 32.1 Å². The molecule has 3 rings (SSSR count). The van der Waals surface area contributed by atoms with E-state index in [1.54, 1.807) is 13.3 Å². The third-order valence-corrected chi connectivity index (χ3v) is 4.45. The summed E-state index contributed by atoms with van der Waals surface area (Å²) in [6.45, 7) is 5.65. The monoisotopic (exact) mass is 362 g/mol. The van der Waals surface area contributed by atoms with Gasteiger partial charge in [-0.3, -0.25) is 4.99 Å². The molecule has 5 heteroatoms. The molecule has 0 atom stereocenters. The van der Waals surface area contributed by atoms with Crippen LogP contribution in [-0.4, -0.2) is 24.5 Å². The van der Waals surface area contributed by atoms with Gasteiger partial charge in [0.15, 0.2) is 5.96 Å². The topological polar surface area (TPSA) is 62.5 Å². The minimum atomic E-state index is 0.659. The second kappa shape index (κ2) is 9.03. The lowest BCUT2D eigenvalue weighted by Gasteiger charge is -2.12. The van der Waals surface area contributed by atoms with E-state index in [1.165, 1.54) is 16.7 Å². The molecule has 0 saturated carbocycles. The van der Waals surface area contributed by atoms with Crippen molar-refractivity contribution in [2.24, 2.45) is 4.99 Å². The van der Waals surface area contributed by atoms with Crippen LogP contribution in [-0.2, 0) is 13.0 Å². The number of aromatic nitrogens is 1. The summed E-state index contributed by atoms with van der Waals surface area (Å²) in [4.78, 5) is 8.85.